The summed E-state index contributed by atoms with van der Waals surface area (Å²) in [7, 11) is 0. The number of nitrogens with zero attached hydrogens (tertiary/aromatic N) is 2. The van der Waals surface area contributed by atoms with Crippen LogP contribution < -0.4 is 0 Å². The zero-order valence-corrected chi connectivity index (χ0v) is 4.31. The van der Waals surface area contributed by atoms with Gasteiger partial charge in [-0.1, -0.05) is 0 Å². The molecule has 0 aliphatic rings. The van der Waals surface area contributed by atoms with Gasteiger partial charge in [0.25, 0.3) is 0 Å². The molecule has 0 rings (SSSR count). The van der Waals surface area contributed by atoms with Crippen molar-refractivity contribution in [1.82, 2.24) is 0 Å². The first-order valence-corrected chi connectivity index (χ1v) is 0.447. The van der Waals surface area contributed by atoms with E-state index in [0.717, 1.165) is 0 Å². The summed E-state index contributed by atoms with van der Waals surface area (Å²) in [6.45, 7) is 9.50. The van der Waals surface area contributed by atoms with Gasteiger partial charge in [0.2, 0.25) is 0 Å². The number of rotatable bonds is 0. The molecule has 0 heterocycles. The maximum Gasteiger partial charge on any atom is 2.00 e. The van der Waals surface area contributed by atoms with Crippen molar-refractivity contribution >= 4 is 0 Å². The summed E-state index contributed by atoms with van der Waals surface area (Å²) < 4.78 is 0. The fraction of sp³-hybridized carbons (Fsp3) is 0. The van der Waals surface area contributed by atoms with E-state index < -0.39 is 0 Å². The minimum atomic E-state index is 0. The van der Waals surface area contributed by atoms with E-state index in [9.17, 15) is 0 Å². The van der Waals surface area contributed by atoms with E-state index >= 15 is 0 Å². The van der Waals surface area contributed by atoms with E-state index in [1.807, 2.05) is 0 Å². The van der Waals surface area contributed by atoms with Crippen LogP contribution in [0.15, 0.2) is 0 Å². The first-order chi connectivity index (χ1) is 2.00. The van der Waals surface area contributed by atoms with Crippen LogP contribution in [0.5, 0.6) is 0 Å². The van der Waals surface area contributed by atoms with Crippen molar-refractivity contribution in [2.75, 3.05) is 0 Å². The van der Waals surface area contributed by atoms with E-state index in [1.165, 1.54) is 0 Å². The van der Waals surface area contributed by atoms with Gasteiger partial charge in [0.1, 0.15) is 0 Å². The predicted molar refractivity (Wildman–Crippen MR) is 9.94 cm³/mol. The van der Waals surface area contributed by atoms with Gasteiger partial charge in [0.15, 0.2) is 0 Å². The van der Waals surface area contributed by atoms with Crippen LogP contribution in [0.1, 0.15) is 0 Å². The molecule has 0 saturated heterocycles. The van der Waals surface area contributed by atoms with E-state index in [2.05, 4.69) is 0 Å². The fourth-order valence-corrected chi connectivity index (χ4v) is 0. The van der Waals surface area contributed by atoms with Crippen molar-refractivity contribution in [2.24, 2.45) is 0 Å². The molecule has 0 amide bonds. The fourth-order valence-electron chi connectivity index (χ4n) is 0. The van der Waals surface area contributed by atoms with Gasteiger partial charge < -0.3 is 23.7 Å². The van der Waals surface area contributed by atoms with Crippen LogP contribution in [-0.4, -0.2) is 0 Å². The standard InChI is InChI=1S/2CN.Mo/c2*1-2;/q2*-1;+2. The third-order valence-electron chi connectivity index (χ3n) is 0. The van der Waals surface area contributed by atoms with Crippen LogP contribution in [0.2, 0.25) is 0 Å². The second-order valence-electron chi connectivity index (χ2n) is 0. The van der Waals surface area contributed by atoms with Gasteiger partial charge in [0.05, 0.1) is 0 Å². The Hall–Kier alpha value is -0.332. The molecule has 0 aromatic carbocycles. The van der Waals surface area contributed by atoms with Crippen LogP contribution in [0.3, 0.4) is 0 Å². The van der Waals surface area contributed by atoms with Gasteiger partial charge in [-0.15, -0.1) is 0 Å². The Morgan fingerprint density at radius 1 is 0.800 bits per heavy atom. The van der Waals surface area contributed by atoms with Gasteiger partial charge >= 0.3 is 21.1 Å². The second-order valence-corrected chi connectivity index (χ2v) is 0. The summed E-state index contributed by atoms with van der Waals surface area (Å²) in [5.74, 6) is 0. The maximum atomic E-state index is 6.25. The van der Waals surface area contributed by atoms with Crippen LogP contribution in [0.25, 0.3) is 0 Å². The zero-order valence-electron chi connectivity index (χ0n) is 2.30. The Bertz CT molecular complexity index is 23.1. The van der Waals surface area contributed by atoms with Crippen LogP contribution in [-0.2, 0) is 21.1 Å². The van der Waals surface area contributed by atoms with E-state index in [-0.39, 0.29) is 21.1 Å². The Morgan fingerprint density at radius 2 is 0.800 bits per heavy atom. The largest absolute Gasteiger partial charge is 2.00 e. The van der Waals surface area contributed by atoms with Crippen molar-refractivity contribution in [2.45, 2.75) is 0 Å². The molecular weight excluding hydrogens is 148 g/mol. The first-order valence-electron chi connectivity index (χ1n) is 0.447. The van der Waals surface area contributed by atoms with Crippen molar-refractivity contribution in [3.05, 3.63) is 13.1 Å². The van der Waals surface area contributed by atoms with E-state index in [1.54, 1.807) is 0 Å². The molecule has 2 nitrogen and oxygen atoms in total. The minimum absolute atomic E-state index is 0. The summed E-state index contributed by atoms with van der Waals surface area (Å²) >= 11 is 0. The summed E-state index contributed by atoms with van der Waals surface area (Å²) in [5.41, 5.74) is 0. The molecule has 0 spiro atoms. The quantitative estimate of drug-likeness (QED) is 0.363. The van der Waals surface area contributed by atoms with Gasteiger partial charge in [-0.2, -0.15) is 0 Å². The molecule has 0 bridgehead atoms. The smallest absolute Gasteiger partial charge is 0.512 e. The first kappa shape index (κ1) is 22.6. The molecule has 0 aromatic heterocycles. The molecule has 0 aromatic rings. The van der Waals surface area contributed by atoms with Crippen LogP contribution >= 0.6 is 0 Å². The van der Waals surface area contributed by atoms with Gasteiger partial charge in [-0.3, -0.25) is 0 Å². The Labute approximate surface area is 45.3 Å². The second kappa shape index (κ2) is 237. The van der Waals surface area contributed by atoms with Crippen molar-refractivity contribution in [1.29, 1.82) is 10.5 Å². The molecule has 5 heavy (non-hydrogen) atoms. The third kappa shape index (κ3) is 92.8. The van der Waals surface area contributed by atoms with Crippen LogP contribution in [0, 0.1) is 23.7 Å². The van der Waals surface area contributed by atoms with Gasteiger partial charge in [0, 0.05) is 0 Å². The molecule has 0 saturated carbocycles. The number of hydrogen-bond donors (Lipinski definition) is 0. The molecule has 0 aliphatic heterocycles. The molecule has 0 fully saturated rings. The zero-order chi connectivity index (χ0) is 4.00. The molecule has 3 heteroatoms. The van der Waals surface area contributed by atoms with Crippen molar-refractivity contribution in [3.8, 4) is 0 Å². The monoisotopic (exact) mass is 150 g/mol. The van der Waals surface area contributed by atoms with Crippen molar-refractivity contribution < 1.29 is 21.1 Å². The molecular formula is C2MoN2. The average molecular weight is 148 g/mol. The number of hydrogen-bond acceptors (Lipinski definition) is 2. The van der Waals surface area contributed by atoms with Crippen LogP contribution in [0.4, 0.5) is 0 Å². The Kier molecular flexibility index (Phi) is 1070. The summed E-state index contributed by atoms with van der Waals surface area (Å²) in [6.07, 6.45) is 0. The Morgan fingerprint density at radius 3 is 0.800 bits per heavy atom. The Balaban J connectivity index is -0.0000000133. The molecule has 24 valence electrons. The average Bonchev–Trinajstić information content (AvgIpc) is 1.50. The molecule has 0 unspecified atom stereocenters. The molecule has 0 radical (unpaired) electrons. The molecule has 0 atom stereocenters. The third-order valence-corrected chi connectivity index (χ3v) is 0. The van der Waals surface area contributed by atoms with Gasteiger partial charge in [-0.05, 0) is 0 Å². The summed E-state index contributed by atoms with van der Waals surface area (Å²) in [5, 5.41) is 12.5. The van der Waals surface area contributed by atoms with Gasteiger partial charge in [-0.25, -0.2) is 0 Å². The topological polar surface area (TPSA) is 47.6 Å². The van der Waals surface area contributed by atoms with E-state index in [0.29, 0.717) is 0 Å². The van der Waals surface area contributed by atoms with E-state index in [4.69, 9.17) is 23.7 Å². The summed E-state index contributed by atoms with van der Waals surface area (Å²) in [6, 6.07) is 0. The molecule has 0 N–H and O–H groups in total. The predicted octanol–water partition coefficient (Wildman–Crippen LogP) is 0.190. The SMILES string of the molecule is [C-]#N.[C-]#N.[Mo+2]. The normalized spacial score (nSPS) is 0.800. The minimum Gasteiger partial charge on any atom is -0.512 e. The van der Waals surface area contributed by atoms with Crippen molar-refractivity contribution in [3.63, 3.8) is 0 Å². The molecule has 0 aliphatic carbocycles. The maximum absolute atomic E-state index is 6.25. The summed E-state index contributed by atoms with van der Waals surface area (Å²) in [4.78, 5) is 0.